The Hall–Kier alpha value is -3.29. The van der Waals surface area contributed by atoms with Crippen LogP contribution < -0.4 is 10.6 Å². The van der Waals surface area contributed by atoms with Crippen molar-refractivity contribution >= 4 is 17.4 Å². The van der Waals surface area contributed by atoms with Crippen LogP contribution in [-0.2, 0) is 0 Å². The highest BCUT2D eigenvalue weighted by molar-refractivity contribution is 6.00. The van der Waals surface area contributed by atoms with E-state index in [1.165, 1.54) is 0 Å². The van der Waals surface area contributed by atoms with E-state index in [2.05, 4.69) is 36.2 Å². The maximum Gasteiger partial charge on any atom is 0.323 e. The molecular formula is C14H13N7O. The molecule has 2 aromatic heterocycles. The molecule has 0 aliphatic heterocycles. The highest BCUT2D eigenvalue weighted by Gasteiger charge is 2.06. The molecule has 3 rings (SSSR count). The van der Waals surface area contributed by atoms with Crippen molar-refractivity contribution in [3.63, 3.8) is 0 Å². The van der Waals surface area contributed by atoms with Gasteiger partial charge in [-0.15, -0.1) is 10.2 Å². The summed E-state index contributed by atoms with van der Waals surface area (Å²) in [5, 5.41) is 19.2. The topological polar surface area (TPSA) is 108 Å². The van der Waals surface area contributed by atoms with Crippen LogP contribution in [-0.4, -0.2) is 31.6 Å². The molecule has 0 saturated heterocycles. The van der Waals surface area contributed by atoms with Crippen molar-refractivity contribution in [3.05, 3.63) is 48.3 Å². The fraction of sp³-hybridized carbons (Fsp3) is 0.0714. The maximum atomic E-state index is 12.0. The number of nitrogens with zero attached hydrogens (tertiary/aromatic N) is 4. The van der Waals surface area contributed by atoms with E-state index < -0.39 is 0 Å². The number of pyridine rings is 1. The van der Waals surface area contributed by atoms with Gasteiger partial charge in [-0.2, -0.15) is 5.21 Å². The van der Waals surface area contributed by atoms with Gasteiger partial charge in [-0.05, 0) is 48.0 Å². The number of benzene rings is 1. The van der Waals surface area contributed by atoms with Crippen LogP contribution in [0.15, 0.2) is 42.7 Å². The molecule has 3 N–H and O–H groups in total. The lowest BCUT2D eigenvalue weighted by Crippen LogP contribution is -2.20. The summed E-state index contributed by atoms with van der Waals surface area (Å²) in [7, 11) is 0. The van der Waals surface area contributed by atoms with Crippen LogP contribution in [0.5, 0.6) is 0 Å². The van der Waals surface area contributed by atoms with Gasteiger partial charge < -0.3 is 10.6 Å². The van der Waals surface area contributed by atoms with Gasteiger partial charge in [0.15, 0.2) is 0 Å². The van der Waals surface area contributed by atoms with Gasteiger partial charge in [-0.1, -0.05) is 0 Å². The number of aromatic nitrogens is 5. The molecule has 0 aliphatic carbocycles. The minimum Gasteiger partial charge on any atom is -0.308 e. The molecule has 110 valence electrons. The third kappa shape index (κ3) is 3.06. The SMILES string of the molecule is Cc1ccncc1NC(=O)Nc1ccc(-c2nn[nH]n2)cc1. The van der Waals surface area contributed by atoms with Crippen LogP contribution in [0.25, 0.3) is 11.4 Å². The smallest absolute Gasteiger partial charge is 0.308 e. The number of nitrogens with one attached hydrogen (secondary N) is 3. The lowest BCUT2D eigenvalue weighted by atomic mass is 10.2. The first-order chi connectivity index (χ1) is 10.7. The molecule has 0 unspecified atom stereocenters. The van der Waals surface area contributed by atoms with E-state index in [-0.39, 0.29) is 6.03 Å². The molecule has 0 aliphatic rings. The third-order valence-electron chi connectivity index (χ3n) is 3.03. The van der Waals surface area contributed by atoms with Gasteiger partial charge in [0.2, 0.25) is 5.82 Å². The minimum absolute atomic E-state index is 0.330. The number of hydrogen-bond acceptors (Lipinski definition) is 5. The van der Waals surface area contributed by atoms with Crippen molar-refractivity contribution in [1.29, 1.82) is 0 Å². The standard InChI is InChI=1S/C14H13N7O/c1-9-6-7-15-8-12(9)17-14(22)16-11-4-2-10(3-5-11)13-18-20-21-19-13/h2-8H,1H3,(H2,16,17,22)(H,18,19,20,21). The largest absolute Gasteiger partial charge is 0.323 e. The van der Waals surface area contributed by atoms with E-state index in [9.17, 15) is 4.79 Å². The van der Waals surface area contributed by atoms with E-state index in [0.717, 1.165) is 11.1 Å². The van der Waals surface area contributed by atoms with Gasteiger partial charge in [0.25, 0.3) is 0 Å². The Morgan fingerprint density at radius 2 is 1.95 bits per heavy atom. The lowest BCUT2D eigenvalue weighted by molar-refractivity contribution is 0.262. The van der Waals surface area contributed by atoms with Gasteiger partial charge >= 0.3 is 6.03 Å². The number of carbonyl (C=O) groups is 1. The summed E-state index contributed by atoms with van der Waals surface area (Å²) < 4.78 is 0. The van der Waals surface area contributed by atoms with Crippen LogP contribution in [0, 0.1) is 6.92 Å². The van der Waals surface area contributed by atoms with Gasteiger partial charge in [-0.25, -0.2) is 4.79 Å². The first-order valence-corrected chi connectivity index (χ1v) is 6.55. The number of anilines is 2. The van der Waals surface area contributed by atoms with Crippen molar-refractivity contribution in [3.8, 4) is 11.4 Å². The first kappa shape index (κ1) is 13.7. The number of carbonyl (C=O) groups excluding carboxylic acids is 1. The molecule has 0 spiro atoms. The summed E-state index contributed by atoms with van der Waals surface area (Å²) in [5.74, 6) is 0.502. The Balaban J connectivity index is 1.66. The van der Waals surface area contributed by atoms with Crippen molar-refractivity contribution in [2.24, 2.45) is 0 Å². The van der Waals surface area contributed by atoms with Crippen molar-refractivity contribution in [1.82, 2.24) is 25.6 Å². The van der Waals surface area contributed by atoms with Gasteiger partial charge in [0.1, 0.15) is 0 Å². The summed E-state index contributed by atoms with van der Waals surface area (Å²) in [6.07, 6.45) is 3.28. The number of rotatable bonds is 3. The molecule has 0 bridgehead atoms. The summed E-state index contributed by atoms with van der Waals surface area (Å²) in [4.78, 5) is 15.9. The van der Waals surface area contributed by atoms with Gasteiger partial charge in [-0.3, -0.25) is 4.98 Å². The molecular weight excluding hydrogens is 282 g/mol. The molecule has 22 heavy (non-hydrogen) atoms. The summed E-state index contributed by atoms with van der Waals surface area (Å²) in [6.45, 7) is 1.90. The van der Waals surface area contributed by atoms with Crippen LogP contribution in [0.3, 0.4) is 0 Å². The van der Waals surface area contributed by atoms with E-state index in [1.54, 1.807) is 36.7 Å². The number of aryl methyl sites for hydroxylation is 1. The monoisotopic (exact) mass is 295 g/mol. The van der Waals surface area contributed by atoms with Crippen LogP contribution in [0.1, 0.15) is 5.56 Å². The zero-order valence-electron chi connectivity index (χ0n) is 11.7. The molecule has 2 heterocycles. The average Bonchev–Trinajstić information content (AvgIpc) is 3.05. The predicted octanol–water partition coefficient (Wildman–Crippen LogP) is 2.21. The minimum atomic E-state index is -0.330. The molecule has 1 aromatic carbocycles. The summed E-state index contributed by atoms with van der Waals surface area (Å²) in [6, 6.07) is 8.63. The quantitative estimate of drug-likeness (QED) is 0.686. The third-order valence-corrected chi connectivity index (χ3v) is 3.03. The van der Waals surface area contributed by atoms with E-state index in [4.69, 9.17) is 0 Å². The second-order valence-electron chi connectivity index (χ2n) is 4.58. The number of aromatic amines is 1. The van der Waals surface area contributed by atoms with Crippen LogP contribution in [0.2, 0.25) is 0 Å². The van der Waals surface area contributed by atoms with Crippen LogP contribution in [0.4, 0.5) is 16.2 Å². The summed E-state index contributed by atoms with van der Waals surface area (Å²) >= 11 is 0. The van der Waals surface area contributed by atoms with E-state index >= 15 is 0 Å². The van der Waals surface area contributed by atoms with Gasteiger partial charge in [0.05, 0.1) is 11.9 Å². The molecule has 0 fully saturated rings. The van der Waals surface area contributed by atoms with Crippen LogP contribution >= 0.6 is 0 Å². The molecule has 0 saturated carbocycles. The molecule has 2 amide bonds. The first-order valence-electron chi connectivity index (χ1n) is 6.55. The molecule has 0 radical (unpaired) electrons. The second kappa shape index (κ2) is 6.00. The number of urea groups is 1. The fourth-order valence-corrected chi connectivity index (χ4v) is 1.87. The molecule has 8 heteroatoms. The molecule has 8 nitrogen and oxygen atoms in total. The van der Waals surface area contributed by atoms with Gasteiger partial charge in [0, 0.05) is 17.4 Å². The average molecular weight is 295 g/mol. The van der Waals surface area contributed by atoms with E-state index in [1.807, 2.05) is 13.0 Å². The van der Waals surface area contributed by atoms with E-state index in [0.29, 0.717) is 17.2 Å². The predicted molar refractivity (Wildman–Crippen MR) is 81.2 cm³/mol. The Morgan fingerprint density at radius 1 is 1.14 bits per heavy atom. The van der Waals surface area contributed by atoms with Crippen molar-refractivity contribution in [2.75, 3.05) is 10.6 Å². The second-order valence-corrected chi connectivity index (χ2v) is 4.58. The zero-order chi connectivity index (χ0) is 15.4. The Morgan fingerprint density at radius 3 is 2.64 bits per heavy atom. The van der Waals surface area contributed by atoms with Crippen molar-refractivity contribution < 1.29 is 4.79 Å². The molecule has 0 atom stereocenters. The molecule has 3 aromatic rings. The normalized spacial score (nSPS) is 10.2. The zero-order valence-corrected chi connectivity index (χ0v) is 11.7. The lowest BCUT2D eigenvalue weighted by Gasteiger charge is -2.09. The van der Waals surface area contributed by atoms with Crippen molar-refractivity contribution in [2.45, 2.75) is 6.92 Å². The highest BCUT2D eigenvalue weighted by Crippen LogP contribution is 2.17. The fourth-order valence-electron chi connectivity index (χ4n) is 1.87. The number of tetrazole rings is 1. The highest BCUT2D eigenvalue weighted by atomic mass is 16.2. The Bertz CT molecular complexity index is 768. The maximum absolute atomic E-state index is 12.0. The Labute approximate surface area is 126 Å². The Kier molecular flexibility index (Phi) is 3.73. The number of hydrogen-bond donors (Lipinski definition) is 3. The number of amides is 2. The summed E-state index contributed by atoms with van der Waals surface area (Å²) in [5.41, 5.74) is 3.08. The number of H-pyrrole nitrogens is 1.